The normalized spacial score (nSPS) is 14.8. The van der Waals surface area contributed by atoms with Crippen LogP contribution in [0.3, 0.4) is 0 Å². The molecule has 6 rings (SSSR count). The molecule has 6 heterocycles. The lowest BCUT2D eigenvalue weighted by atomic mass is 9.91. The van der Waals surface area contributed by atoms with Gasteiger partial charge in [0.2, 0.25) is 0 Å². The maximum Gasteiger partial charge on any atom is 0.116 e. The lowest BCUT2D eigenvalue weighted by molar-refractivity contribution is 0.313. The van der Waals surface area contributed by atoms with Gasteiger partial charge >= 0.3 is 0 Å². The van der Waals surface area contributed by atoms with E-state index in [0.717, 1.165) is 94.1 Å². The Hall–Kier alpha value is -4.24. The Bertz CT molecular complexity index is 1650. The molecule has 5 aromatic heterocycles. The predicted octanol–water partition coefficient (Wildman–Crippen LogP) is 5.68. The number of aromatic nitrogens is 6. The molecular formula is C30H35N9. The number of anilines is 2. The van der Waals surface area contributed by atoms with Gasteiger partial charge in [0.1, 0.15) is 5.69 Å². The fourth-order valence-corrected chi connectivity index (χ4v) is 5.28. The summed E-state index contributed by atoms with van der Waals surface area (Å²) < 4.78 is 0. The summed E-state index contributed by atoms with van der Waals surface area (Å²) in [6.45, 7) is 14.9. The second-order valence-corrected chi connectivity index (χ2v) is 11.7. The first-order chi connectivity index (χ1) is 18.7. The van der Waals surface area contributed by atoms with E-state index in [-0.39, 0.29) is 5.41 Å². The lowest BCUT2D eigenvalue weighted by Crippen LogP contribution is -2.44. The summed E-state index contributed by atoms with van der Waals surface area (Å²) in [7, 11) is 2.17. The number of hydrogen-bond donors (Lipinski definition) is 3. The van der Waals surface area contributed by atoms with E-state index in [1.165, 1.54) is 0 Å². The molecule has 1 saturated heterocycles. The number of pyridine rings is 3. The molecule has 0 bridgehead atoms. The van der Waals surface area contributed by atoms with Gasteiger partial charge in [0.15, 0.2) is 0 Å². The zero-order valence-corrected chi connectivity index (χ0v) is 23.0. The highest BCUT2D eigenvalue weighted by molar-refractivity contribution is 6.00. The van der Waals surface area contributed by atoms with Crippen molar-refractivity contribution in [3.8, 4) is 22.6 Å². The van der Waals surface area contributed by atoms with Gasteiger partial charge in [-0.05, 0) is 37.1 Å². The summed E-state index contributed by atoms with van der Waals surface area (Å²) in [6.07, 6.45) is 10.2. The van der Waals surface area contributed by atoms with E-state index in [1.54, 1.807) is 0 Å². The van der Waals surface area contributed by atoms with E-state index >= 15 is 0 Å². The summed E-state index contributed by atoms with van der Waals surface area (Å²) in [5.74, 6) is 0. The van der Waals surface area contributed by atoms with Crippen LogP contribution in [0, 0.1) is 5.41 Å². The first kappa shape index (κ1) is 25.1. The number of nitrogens with one attached hydrogen (secondary N) is 3. The minimum absolute atomic E-state index is 0.156. The van der Waals surface area contributed by atoms with Crippen molar-refractivity contribution in [2.45, 2.75) is 27.2 Å². The van der Waals surface area contributed by atoms with Crippen molar-refractivity contribution in [3.05, 3.63) is 61.5 Å². The average Bonchev–Trinajstić information content (AvgIpc) is 3.52. The van der Waals surface area contributed by atoms with Crippen molar-refractivity contribution in [2.75, 3.05) is 43.4 Å². The number of allylic oxidation sites excluding steroid dienone is 1. The monoisotopic (exact) mass is 521 g/mol. The van der Waals surface area contributed by atoms with Gasteiger partial charge in [0, 0.05) is 54.4 Å². The van der Waals surface area contributed by atoms with Gasteiger partial charge in [-0.15, -0.1) is 0 Å². The highest BCUT2D eigenvalue weighted by atomic mass is 15.3. The van der Waals surface area contributed by atoms with Crippen LogP contribution in [-0.4, -0.2) is 68.3 Å². The maximum atomic E-state index is 4.70. The Labute approximate surface area is 228 Å². The van der Waals surface area contributed by atoms with Crippen LogP contribution in [0.2, 0.25) is 0 Å². The molecular weight excluding hydrogens is 486 g/mol. The van der Waals surface area contributed by atoms with Crippen molar-refractivity contribution >= 4 is 33.2 Å². The molecule has 1 aliphatic heterocycles. The summed E-state index contributed by atoms with van der Waals surface area (Å²) >= 11 is 0. The van der Waals surface area contributed by atoms with Gasteiger partial charge in [0.25, 0.3) is 0 Å². The molecule has 0 atom stereocenters. The zero-order valence-electron chi connectivity index (χ0n) is 23.0. The fraction of sp³-hybridized carbons (Fsp3) is 0.333. The summed E-state index contributed by atoms with van der Waals surface area (Å²) in [5, 5.41) is 13.4. The predicted molar refractivity (Wildman–Crippen MR) is 159 cm³/mol. The van der Waals surface area contributed by atoms with Gasteiger partial charge in [0.05, 0.1) is 58.6 Å². The highest BCUT2D eigenvalue weighted by Crippen LogP contribution is 2.34. The minimum atomic E-state index is 0.156. The van der Waals surface area contributed by atoms with Crippen LogP contribution in [0.1, 0.15) is 27.2 Å². The Morgan fingerprint density at radius 3 is 2.54 bits per heavy atom. The number of nitrogens with zero attached hydrogens (tertiary/aromatic N) is 6. The van der Waals surface area contributed by atoms with Crippen molar-refractivity contribution in [2.24, 2.45) is 5.41 Å². The van der Waals surface area contributed by atoms with Crippen LogP contribution in [-0.2, 0) is 0 Å². The van der Waals surface area contributed by atoms with E-state index in [9.17, 15) is 0 Å². The Morgan fingerprint density at radius 1 is 0.949 bits per heavy atom. The fourth-order valence-electron chi connectivity index (χ4n) is 5.28. The molecule has 200 valence electrons. The van der Waals surface area contributed by atoms with Crippen LogP contribution >= 0.6 is 0 Å². The van der Waals surface area contributed by atoms with Gasteiger partial charge < -0.3 is 20.1 Å². The zero-order chi connectivity index (χ0) is 27.1. The lowest BCUT2D eigenvalue weighted by Gasteiger charge is -2.34. The molecule has 1 fully saturated rings. The van der Waals surface area contributed by atoms with Crippen LogP contribution in [0.4, 0.5) is 11.4 Å². The number of aromatic amines is 2. The molecule has 39 heavy (non-hydrogen) atoms. The number of fused-ring (bicyclic) bond motifs is 2. The standard InChI is InChI=1S/C30H35N9/c1-19(13-30(2,3)4)34-21-10-20(14-31-15-21)24-12-23-27(17-33-24)36-37-29(23)25-11-22-26(35-25)16-32-18-28(22)39-8-6-38(5)7-9-39/h10-12,14-18,34-35H,1,6-9,13H2,2-5H3,(H,36,37). The molecule has 1 aliphatic rings. The SMILES string of the molecule is C=C(CC(C)(C)C)Nc1cncc(-c2cc3c(-c4cc5c(N6CCN(C)CC6)cncc5[nH]4)n[nH]c3cn2)c1. The van der Waals surface area contributed by atoms with Crippen molar-refractivity contribution in [1.29, 1.82) is 0 Å². The molecule has 9 nitrogen and oxygen atoms in total. The molecule has 9 heteroatoms. The minimum Gasteiger partial charge on any atom is -0.367 e. The van der Waals surface area contributed by atoms with Crippen molar-refractivity contribution in [3.63, 3.8) is 0 Å². The van der Waals surface area contributed by atoms with Gasteiger partial charge in [-0.2, -0.15) is 5.10 Å². The number of piperazine rings is 1. The van der Waals surface area contributed by atoms with Gasteiger partial charge in [-0.25, -0.2) is 0 Å². The van der Waals surface area contributed by atoms with E-state index in [2.05, 4.69) is 92.9 Å². The average molecular weight is 522 g/mol. The molecule has 0 spiro atoms. The third-order valence-corrected chi connectivity index (χ3v) is 7.17. The van der Waals surface area contributed by atoms with E-state index in [0.29, 0.717) is 0 Å². The highest BCUT2D eigenvalue weighted by Gasteiger charge is 2.20. The second kappa shape index (κ2) is 9.81. The quantitative estimate of drug-likeness (QED) is 0.264. The van der Waals surface area contributed by atoms with Gasteiger partial charge in [-0.3, -0.25) is 20.1 Å². The summed E-state index contributed by atoms with van der Waals surface area (Å²) in [4.78, 5) is 22.0. The smallest absolute Gasteiger partial charge is 0.116 e. The number of H-pyrrole nitrogens is 2. The van der Waals surface area contributed by atoms with Crippen molar-refractivity contribution in [1.82, 2.24) is 35.0 Å². The number of hydrogen-bond acceptors (Lipinski definition) is 7. The second-order valence-electron chi connectivity index (χ2n) is 11.7. The van der Waals surface area contributed by atoms with E-state index < -0.39 is 0 Å². The first-order valence-corrected chi connectivity index (χ1v) is 13.4. The van der Waals surface area contributed by atoms with Crippen LogP contribution in [0.5, 0.6) is 0 Å². The largest absolute Gasteiger partial charge is 0.367 e. The first-order valence-electron chi connectivity index (χ1n) is 13.4. The molecule has 0 amide bonds. The molecule has 0 saturated carbocycles. The van der Waals surface area contributed by atoms with Crippen LogP contribution in [0.25, 0.3) is 44.5 Å². The molecule has 0 aliphatic carbocycles. The Morgan fingerprint density at radius 2 is 1.74 bits per heavy atom. The molecule has 0 unspecified atom stereocenters. The molecule has 0 aromatic carbocycles. The third kappa shape index (κ3) is 5.22. The molecule has 5 aromatic rings. The van der Waals surface area contributed by atoms with E-state index in [1.807, 2.05) is 31.0 Å². The van der Waals surface area contributed by atoms with E-state index in [4.69, 9.17) is 4.98 Å². The maximum absolute atomic E-state index is 4.70. The van der Waals surface area contributed by atoms with Crippen molar-refractivity contribution < 1.29 is 0 Å². The molecule has 3 N–H and O–H groups in total. The summed E-state index contributed by atoms with van der Waals surface area (Å²) in [5.41, 5.74) is 8.63. The Kier molecular flexibility index (Phi) is 6.31. The topological polar surface area (TPSA) is 102 Å². The summed E-state index contributed by atoms with van der Waals surface area (Å²) in [6, 6.07) is 6.32. The van der Waals surface area contributed by atoms with Gasteiger partial charge in [-0.1, -0.05) is 27.4 Å². The Balaban J connectivity index is 1.32. The molecule has 0 radical (unpaired) electrons. The number of rotatable bonds is 6. The van der Waals surface area contributed by atoms with Crippen LogP contribution < -0.4 is 10.2 Å². The number of likely N-dealkylation sites (N-methyl/N-ethyl adjacent to an activating group) is 1. The third-order valence-electron chi connectivity index (χ3n) is 7.17. The van der Waals surface area contributed by atoms with Crippen LogP contribution in [0.15, 0.2) is 61.5 Å².